The van der Waals surface area contributed by atoms with Crippen LogP contribution in [0.5, 0.6) is 0 Å². The van der Waals surface area contributed by atoms with Crippen LogP contribution in [0.25, 0.3) is 0 Å². The van der Waals surface area contributed by atoms with Gasteiger partial charge in [0.1, 0.15) is 6.07 Å². The normalized spacial score (nSPS) is 36.2. The van der Waals surface area contributed by atoms with Gasteiger partial charge in [-0.2, -0.15) is 5.26 Å². The van der Waals surface area contributed by atoms with Crippen LogP contribution in [0.2, 0.25) is 0 Å². The highest BCUT2D eigenvalue weighted by atomic mass is 19.1. The van der Waals surface area contributed by atoms with Gasteiger partial charge in [-0.25, -0.2) is 4.39 Å². The number of unbranched alkanes of at least 4 members (excludes halogenated alkanes) is 1. The summed E-state index contributed by atoms with van der Waals surface area (Å²) in [5.74, 6) is 2.93. The molecule has 0 N–H and O–H groups in total. The Morgan fingerprint density at radius 2 is 1.40 bits per heavy atom. The highest BCUT2D eigenvalue weighted by Gasteiger charge is 2.30. The number of nitriles is 1. The number of alkyl halides is 1. The van der Waals surface area contributed by atoms with Gasteiger partial charge in [0, 0.05) is 0 Å². The van der Waals surface area contributed by atoms with Crippen molar-refractivity contribution < 1.29 is 4.39 Å². The van der Waals surface area contributed by atoms with E-state index in [2.05, 4.69) is 0 Å². The molecule has 3 rings (SSSR count). The van der Waals surface area contributed by atoms with Crippen molar-refractivity contribution in [1.82, 2.24) is 0 Å². The fourth-order valence-electron chi connectivity index (χ4n) is 5.21. The highest BCUT2D eigenvalue weighted by molar-refractivity contribution is 5.31. The predicted molar refractivity (Wildman–Crippen MR) is 102 cm³/mol. The molecule has 0 bridgehead atoms. The SMILES string of the molecule is N#CC1(F)C=CC(C2CCC(CCCCC3CCCCC3)CC2)C=C1. The number of rotatable bonds is 6. The summed E-state index contributed by atoms with van der Waals surface area (Å²) < 4.78 is 13.9. The second-order valence-electron chi connectivity index (χ2n) is 8.74. The molecule has 3 aliphatic rings. The lowest BCUT2D eigenvalue weighted by molar-refractivity contribution is 0.230. The molecule has 138 valence electrons. The van der Waals surface area contributed by atoms with Gasteiger partial charge in [0.25, 0.3) is 0 Å². The van der Waals surface area contributed by atoms with E-state index in [4.69, 9.17) is 5.26 Å². The van der Waals surface area contributed by atoms with Crippen LogP contribution in [-0.4, -0.2) is 5.67 Å². The van der Waals surface area contributed by atoms with E-state index in [1.165, 1.54) is 95.6 Å². The van der Waals surface area contributed by atoms with Gasteiger partial charge in [-0.05, 0) is 48.7 Å². The topological polar surface area (TPSA) is 23.8 Å². The summed E-state index contributed by atoms with van der Waals surface area (Å²) in [6.07, 6.45) is 25.1. The summed E-state index contributed by atoms with van der Waals surface area (Å²) in [6.45, 7) is 0. The summed E-state index contributed by atoms with van der Waals surface area (Å²) in [5.41, 5.74) is -1.87. The van der Waals surface area contributed by atoms with Gasteiger partial charge in [-0.3, -0.25) is 0 Å². The third kappa shape index (κ3) is 5.44. The zero-order chi connectivity index (χ0) is 17.5. The van der Waals surface area contributed by atoms with Gasteiger partial charge in [0.05, 0.1) is 0 Å². The Bertz CT molecular complexity index is 487. The lowest BCUT2D eigenvalue weighted by atomic mass is 9.73. The van der Waals surface area contributed by atoms with Crippen molar-refractivity contribution in [1.29, 1.82) is 5.26 Å². The van der Waals surface area contributed by atoms with Crippen LogP contribution in [0.3, 0.4) is 0 Å². The molecule has 0 amide bonds. The van der Waals surface area contributed by atoms with E-state index >= 15 is 0 Å². The van der Waals surface area contributed by atoms with Crippen LogP contribution < -0.4 is 0 Å². The Hall–Kier alpha value is -1.10. The van der Waals surface area contributed by atoms with Crippen molar-refractivity contribution >= 4 is 0 Å². The van der Waals surface area contributed by atoms with Crippen LogP contribution in [0.4, 0.5) is 4.39 Å². The lowest BCUT2D eigenvalue weighted by Crippen LogP contribution is -2.24. The van der Waals surface area contributed by atoms with Crippen molar-refractivity contribution in [2.75, 3.05) is 0 Å². The standard InChI is InChI=1S/C23H34FN/c24-23(18-25)16-14-22(15-17-23)21-12-10-20(11-13-21)9-5-4-8-19-6-2-1-3-7-19/h14-17,19-22H,1-13H2. The summed E-state index contributed by atoms with van der Waals surface area (Å²) in [4.78, 5) is 0. The maximum Gasteiger partial charge on any atom is 0.232 e. The van der Waals surface area contributed by atoms with Gasteiger partial charge < -0.3 is 0 Å². The first kappa shape index (κ1) is 18.7. The van der Waals surface area contributed by atoms with Crippen molar-refractivity contribution in [2.45, 2.75) is 89.1 Å². The molecule has 0 aromatic heterocycles. The second kappa shape index (κ2) is 9.02. The van der Waals surface area contributed by atoms with Crippen LogP contribution in [0.1, 0.15) is 83.5 Å². The molecule has 2 saturated carbocycles. The average Bonchev–Trinajstić information content (AvgIpc) is 2.67. The lowest BCUT2D eigenvalue weighted by Gasteiger charge is -2.33. The average molecular weight is 344 g/mol. The molecule has 1 nitrogen and oxygen atoms in total. The molecule has 0 aromatic rings. The predicted octanol–water partition coefficient (Wildman–Crippen LogP) is 6.91. The van der Waals surface area contributed by atoms with Gasteiger partial charge >= 0.3 is 0 Å². The van der Waals surface area contributed by atoms with Crippen molar-refractivity contribution in [3.8, 4) is 6.07 Å². The van der Waals surface area contributed by atoms with Crippen molar-refractivity contribution in [3.63, 3.8) is 0 Å². The van der Waals surface area contributed by atoms with E-state index in [1.54, 1.807) is 6.07 Å². The first-order valence-electron chi connectivity index (χ1n) is 10.7. The second-order valence-corrected chi connectivity index (χ2v) is 8.74. The van der Waals surface area contributed by atoms with Crippen LogP contribution in [0.15, 0.2) is 24.3 Å². The molecule has 0 aliphatic heterocycles. The first-order chi connectivity index (χ1) is 12.2. The number of halogens is 1. The minimum absolute atomic E-state index is 0.337. The number of nitrogens with zero attached hydrogens (tertiary/aromatic N) is 1. The Labute approximate surface area is 153 Å². The molecule has 2 heteroatoms. The Kier molecular flexibility index (Phi) is 6.74. The zero-order valence-corrected chi connectivity index (χ0v) is 15.6. The van der Waals surface area contributed by atoms with Gasteiger partial charge in [-0.1, -0.05) is 82.8 Å². The number of hydrogen-bond acceptors (Lipinski definition) is 1. The van der Waals surface area contributed by atoms with Gasteiger partial charge in [0.15, 0.2) is 0 Å². The van der Waals surface area contributed by atoms with Crippen molar-refractivity contribution in [3.05, 3.63) is 24.3 Å². The van der Waals surface area contributed by atoms with E-state index < -0.39 is 5.67 Å². The maximum atomic E-state index is 13.9. The van der Waals surface area contributed by atoms with E-state index in [0.717, 1.165) is 11.8 Å². The Balaban J connectivity index is 1.31. The quantitative estimate of drug-likeness (QED) is 0.380. The maximum absolute atomic E-state index is 13.9. The third-order valence-electron chi connectivity index (χ3n) is 6.93. The fourth-order valence-corrected chi connectivity index (χ4v) is 5.21. The Morgan fingerprint density at radius 3 is 1.96 bits per heavy atom. The smallest absolute Gasteiger partial charge is 0.218 e. The largest absolute Gasteiger partial charge is 0.232 e. The summed E-state index contributed by atoms with van der Waals surface area (Å²) in [7, 11) is 0. The van der Waals surface area contributed by atoms with E-state index in [-0.39, 0.29) is 0 Å². The van der Waals surface area contributed by atoms with Gasteiger partial charge in [-0.15, -0.1) is 0 Å². The summed E-state index contributed by atoms with van der Waals surface area (Å²) in [6, 6.07) is 1.72. The molecule has 0 atom stereocenters. The highest BCUT2D eigenvalue weighted by Crippen LogP contribution is 2.39. The molecule has 0 heterocycles. The molecular weight excluding hydrogens is 309 g/mol. The van der Waals surface area contributed by atoms with Crippen LogP contribution in [0, 0.1) is 35.0 Å². The molecule has 3 aliphatic carbocycles. The van der Waals surface area contributed by atoms with E-state index in [9.17, 15) is 4.39 Å². The van der Waals surface area contributed by atoms with Gasteiger partial charge in [0.2, 0.25) is 5.67 Å². The summed E-state index contributed by atoms with van der Waals surface area (Å²) >= 11 is 0. The number of allylic oxidation sites excluding steroid dienone is 4. The number of hydrogen-bond donors (Lipinski definition) is 0. The zero-order valence-electron chi connectivity index (χ0n) is 15.6. The van der Waals surface area contributed by atoms with Crippen LogP contribution in [-0.2, 0) is 0 Å². The molecule has 25 heavy (non-hydrogen) atoms. The van der Waals surface area contributed by atoms with E-state index in [0.29, 0.717) is 11.8 Å². The minimum Gasteiger partial charge on any atom is -0.218 e. The molecule has 2 fully saturated rings. The Morgan fingerprint density at radius 1 is 0.840 bits per heavy atom. The molecule has 0 spiro atoms. The summed E-state index contributed by atoms with van der Waals surface area (Å²) in [5, 5.41) is 8.84. The minimum atomic E-state index is -1.87. The molecule has 0 unspecified atom stereocenters. The first-order valence-corrected chi connectivity index (χ1v) is 10.7. The fraction of sp³-hybridized carbons (Fsp3) is 0.783. The molecule has 0 aromatic carbocycles. The van der Waals surface area contributed by atoms with Crippen LogP contribution >= 0.6 is 0 Å². The van der Waals surface area contributed by atoms with Crippen molar-refractivity contribution in [2.24, 2.45) is 23.7 Å². The molecular formula is C23H34FN. The van der Waals surface area contributed by atoms with E-state index in [1.807, 2.05) is 12.2 Å². The molecule has 0 radical (unpaired) electrons. The monoisotopic (exact) mass is 343 g/mol. The molecule has 0 saturated heterocycles. The third-order valence-corrected chi connectivity index (χ3v) is 6.93.